The highest BCUT2D eigenvalue weighted by Gasteiger charge is 2.12. The molecule has 0 spiro atoms. The summed E-state index contributed by atoms with van der Waals surface area (Å²) in [7, 11) is 0. The maximum atomic E-state index is 12.6. The molecule has 0 saturated heterocycles. The number of hydrazone groups is 1. The lowest BCUT2D eigenvalue weighted by Crippen LogP contribution is -2.17. The molecule has 0 radical (unpaired) electrons. The van der Waals surface area contributed by atoms with Crippen LogP contribution in [0.15, 0.2) is 96.1 Å². The molecule has 30 heavy (non-hydrogen) atoms. The van der Waals surface area contributed by atoms with Gasteiger partial charge in [0.05, 0.1) is 11.8 Å². The molecular formula is C26H18N2O2. The van der Waals surface area contributed by atoms with Crippen LogP contribution in [0.4, 0.5) is 0 Å². The van der Waals surface area contributed by atoms with E-state index >= 15 is 0 Å². The number of carbonyl (C=O) groups is 1. The molecule has 5 aromatic carbocycles. The zero-order valence-corrected chi connectivity index (χ0v) is 16.0. The lowest BCUT2D eigenvalue weighted by atomic mass is 9.97. The molecule has 0 aromatic heterocycles. The third-order valence-corrected chi connectivity index (χ3v) is 5.28. The maximum absolute atomic E-state index is 12.6. The van der Waals surface area contributed by atoms with Crippen LogP contribution >= 0.6 is 0 Å². The van der Waals surface area contributed by atoms with Crippen molar-refractivity contribution in [3.05, 3.63) is 102 Å². The first kappa shape index (κ1) is 17.9. The smallest absolute Gasteiger partial charge is 0.275 e. The third kappa shape index (κ3) is 3.14. The maximum Gasteiger partial charge on any atom is 0.275 e. The van der Waals surface area contributed by atoms with Crippen molar-refractivity contribution in [1.82, 2.24) is 5.43 Å². The van der Waals surface area contributed by atoms with E-state index in [4.69, 9.17) is 0 Å². The quantitative estimate of drug-likeness (QED) is 0.239. The summed E-state index contributed by atoms with van der Waals surface area (Å²) in [6.45, 7) is 0. The van der Waals surface area contributed by atoms with Crippen LogP contribution in [0.2, 0.25) is 0 Å². The predicted molar refractivity (Wildman–Crippen MR) is 122 cm³/mol. The molecule has 0 aliphatic heterocycles. The van der Waals surface area contributed by atoms with Crippen LogP contribution in [0.5, 0.6) is 5.75 Å². The highest BCUT2D eigenvalue weighted by Crippen LogP contribution is 2.27. The van der Waals surface area contributed by atoms with Crippen molar-refractivity contribution in [3.63, 3.8) is 0 Å². The van der Waals surface area contributed by atoms with Gasteiger partial charge in [-0.1, -0.05) is 72.8 Å². The molecule has 0 unspecified atom stereocenters. The van der Waals surface area contributed by atoms with Gasteiger partial charge in [-0.3, -0.25) is 4.79 Å². The summed E-state index contributed by atoms with van der Waals surface area (Å²) < 4.78 is 0. The molecule has 0 fully saturated rings. The van der Waals surface area contributed by atoms with Crippen LogP contribution in [-0.4, -0.2) is 17.2 Å². The van der Waals surface area contributed by atoms with Crippen LogP contribution in [0, 0.1) is 0 Å². The van der Waals surface area contributed by atoms with Gasteiger partial charge >= 0.3 is 0 Å². The Morgan fingerprint density at radius 1 is 0.733 bits per heavy atom. The van der Waals surface area contributed by atoms with Gasteiger partial charge in [0.1, 0.15) is 5.75 Å². The summed E-state index contributed by atoms with van der Waals surface area (Å²) >= 11 is 0. The number of aromatic hydroxyl groups is 1. The summed E-state index contributed by atoms with van der Waals surface area (Å²) in [5, 5.41) is 20.6. The molecule has 1 amide bonds. The molecule has 4 heteroatoms. The third-order valence-electron chi connectivity index (χ3n) is 5.28. The van der Waals surface area contributed by atoms with Gasteiger partial charge in [0.15, 0.2) is 0 Å². The van der Waals surface area contributed by atoms with Crippen molar-refractivity contribution in [2.75, 3.05) is 0 Å². The fourth-order valence-electron chi connectivity index (χ4n) is 3.81. The Kier molecular flexibility index (Phi) is 4.37. The van der Waals surface area contributed by atoms with Crippen molar-refractivity contribution < 1.29 is 9.90 Å². The molecule has 2 N–H and O–H groups in total. The van der Waals surface area contributed by atoms with Crippen molar-refractivity contribution in [1.29, 1.82) is 0 Å². The number of benzene rings is 5. The van der Waals surface area contributed by atoms with E-state index in [2.05, 4.69) is 28.7 Å². The Morgan fingerprint density at radius 2 is 1.27 bits per heavy atom. The standard InChI is InChI=1S/C26H18N2O2/c29-25-15-18-8-2-1-7-17(18)14-23(25)26(30)28-27-16-24-21-11-5-3-9-19(21)13-20-10-4-6-12-22(20)24/h1-16,29H,(H,28,30)/b27-16+. The molecule has 0 aliphatic rings. The van der Waals surface area contributed by atoms with Crippen LogP contribution in [0.25, 0.3) is 32.3 Å². The molecule has 0 aliphatic carbocycles. The minimum atomic E-state index is -0.459. The van der Waals surface area contributed by atoms with Crippen LogP contribution < -0.4 is 5.43 Å². The normalized spacial score (nSPS) is 11.5. The SMILES string of the molecule is O=C(N/N=C/c1c2ccccc2cc2ccccc12)c1cc2ccccc2cc1O. The summed E-state index contributed by atoms with van der Waals surface area (Å²) in [6, 6.07) is 29.2. The lowest BCUT2D eigenvalue weighted by molar-refractivity contribution is 0.0952. The van der Waals surface area contributed by atoms with E-state index < -0.39 is 5.91 Å². The van der Waals surface area contributed by atoms with Crippen LogP contribution in [-0.2, 0) is 0 Å². The van der Waals surface area contributed by atoms with E-state index in [1.54, 1.807) is 18.3 Å². The van der Waals surface area contributed by atoms with Crippen molar-refractivity contribution in [3.8, 4) is 5.75 Å². The average molecular weight is 390 g/mol. The molecular weight excluding hydrogens is 372 g/mol. The summed E-state index contributed by atoms with van der Waals surface area (Å²) in [4.78, 5) is 12.6. The molecule has 5 aromatic rings. The minimum absolute atomic E-state index is 0.0722. The molecule has 0 atom stereocenters. The first-order valence-electron chi connectivity index (χ1n) is 9.66. The first-order valence-corrected chi connectivity index (χ1v) is 9.66. The van der Waals surface area contributed by atoms with Gasteiger partial charge in [0.2, 0.25) is 0 Å². The fraction of sp³-hybridized carbons (Fsp3) is 0. The fourth-order valence-corrected chi connectivity index (χ4v) is 3.81. The highest BCUT2D eigenvalue weighted by atomic mass is 16.3. The molecule has 4 nitrogen and oxygen atoms in total. The number of nitrogens with zero attached hydrogens (tertiary/aromatic N) is 1. The van der Waals surface area contributed by atoms with E-state index in [-0.39, 0.29) is 11.3 Å². The van der Waals surface area contributed by atoms with E-state index in [0.29, 0.717) is 0 Å². The molecule has 144 valence electrons. The second-order valence-corrected chi connectivity index (χ2v) is 7.15. The van der Waals surface area contributed by atoms with E-state index in [1.165, 1.54) is 0 Å². The Morgan fingerprint density at radius 3 is 1.90 bits per heavy atom. The molecule has 0 bridgehead atoms. The van der Waals surface area contributed by atoms with Gasteiger partial charge in [-0.25, -0.2) is 5.43 Å². The lowest BCUT2D eigenvalue weighted by Gasteiger charge is -2.08. The number of rotatable bonds is 3. The summed E-state index contributed by atoms with van der Waals surface area (Å²) in [6.07, 6.45) is 1.67. The number of carbonyl (C=O) groups excluding carboxylic acids is 1. The predicted octanol–water partition coefficient (Wildman–Crippen LogP) is 5.62. The zero-order chi connectivity index (χ0) is 20.5. The average Bonchev–Trinajstić information content (AvgIpc) is 2.78. The number of phenols is 1. The number of amides is 1. The monoisotopic (exact) mass is 390 g/mol. The largest absolute Gasteiger partial charge is 0.507 e. The Balaban J connectivity index is 1.51. The number of nitrogens with one attached hydrogen (secondary N) is 1. The van der Waals surface area contributed by atoms with E-state index in [0.717, 1.165) is 37.9 Å². The van der Waals surface area contributed by atoms with Crippen molar-refractivity contribution in [2.24, 2.45) is 5.10 Å². The van der Waals surface area contributed by atoms with Gasteiger partial charge < -0.3 is 5.11 Å². The second-order valence-electron chi connectivity index (χ2n) is 7.15. The first-order chi connectivity index (χ1) is 14.7. The van der Waals surface area contributed by atoms with Gasteiger partial charge in [0, 0.05) is 5.56 Å². The molecule has 0 heterocycles. The van der Waals surface area contributed by atoms with Gasteiger partial charge in [0.25, 0.3) is 5.91 Å². The van der Waals surface area contributed by atoms with E-state index in [9.17, 15) is 9.90 Å². The Hall–Kier alpha value is -4.18. The van der Waals surface area contributed by atoms with Crippen LogP contribution in [0.3, 0.4) is 0 Å². The molecule has 0 saturated carbocycles. The number of fused-ring (bicyclic) bond motifs is 3. The van der Waals surface area contributed by atoms with Crippen molar-refractivity contribution in [2.45, 2.75) is 0 Å². The van der Waals surface area contributed by atoms with E-state index in [1.807, 2.05) is 60.7 Å². The van der Waals surface area contributed by atoms with Gasteiger partial charge in [-0.05, 0) is 50.5 Å². The number of hydrogen-bond donors (Lipinski definition) is 2. The van der Waals surface area contributed by atoms with Crippen LogP contribution in [0.1, 0.15) is 15.9 Å². The Bertz CT molecular complexity index is 1400. The molecule has 5 rings (SSSR count). The zero-order valence-electron chi connectivity index (χ0n) is 16.0. The second kappa shape index (κ2) is 7.33. The highest BCUT2D eigenvalue weighted by molar-refractivity contribution is 6.13. The van der Waals surface area contributed by atoms with Gasteiger partial charge in [-0.2, -0.15) is 5.10 Å². The topological polar surface area (TPSA) is 61.7 Å². The minimum Gasteiger partial charge on any atom is -0.507 e. The van der Waals surface area contributed by atoms with Gasteiger partial charge in [-0.15, -0.1) is 0 Å². The number of phenolic OH excluding ortho intramolecular Hbond substituents is 1. The number of hydrogen-bond acceptors (Lipinski definition) is 3. The summed E-state index contributed by atoms with van der Waals surface area (Å²) in [5.41, 5.74) is 3.68. The summed E-state index contributed by atoms with van der Waals surface area (Å²) in [5.74, 6) is -0.531. The Labute approximate surface area is 173 Å². The van der Waals surface area contributed by atoms with Crippen molar-refractivity contribution >= 4 is 44.4 Å².